The van der Waals surface area contributed by atoms with Gasteiger partial charge in [0.1, 0.15) is 7.05 Å². The van der Waals surface area contributed by atoms with Crippen LogP contribution in [-0.4, -0.2) is 0 Å². The lowest BCUT2D eigenvalue weighted by atomic mass is 9.90. The Morgan fingerprint density at radius 1 is 0.952 bits per heavy atom. The lowest BCUT2D eigenvalue weighted by Crippen LogP contribution is -2.32. The van der Waals surface area contributed by atoms with E-state index in [-0.39, 0.29) is 0 Å². The molecule has 0 radical (unpaired) electrons. The number of benzene rings is 1. The number of aryl methyl sites for hydroxylation is 3. The molecule has 0 saturated heterocycles. The van der Waals surface area contributed by atoms with E-state index in [1.807, 2.05) is 0 Å². The smallest absolute Gasteiger partial charge is 0.201 e. The van der Waals surface area contributed by atoms with E-state index in [4.69, 9.17) is 0 Å². The summed E-state index contributed by atoms with van der Waals surface area (Å²) >= 11 is 0. The van der Waals surface area contributed by atoms with Crippen molar-refractivity contribution < 1.29 is 4.57 Å². The number of nitrogens with zero attached hydrogens (tertiary/aromatic N) is 1. The minimum Gasteiger partial charge on any atom is -0.201 e. The SMILES string of the molecule is CCC(CC)c1ccc(-c2c(C)c(C)cc[n+]2C)c(C)c1. The van der Waals surface area contributed by atoms with E-state index >= 15 is 0 Å². The number of aromatic nitrogens is 1. The zero-order chi connectivity index (χ0) is 15.6. The van der Waals surface area contributed by atoms with Gasteiger partial charge < -0.3 is 0 Å². The molecule has 1 nitrogen and oxygen atoms in total. The summed E-state index contributed by atoms with van der Waals surface area (Å²) in [6.45, 7) is 11.2. The third kappa shape index (κ3) is 3.02. The predicted molar refractivity (Wildman–Crippen MR) is 90.6 cm³/mol. The van der Waals surface area contributed by atoms with E-state index in [2.05, 4.69) is 76.7 Å². The Labute approximate surface area is 129 Å². The molecule has 0 aliphatic carbocycles. The Morgan fingerprint density at radius 2 is 1.62 bits per heavy atom. The maximum absolute atomic E-state index is 2.38. The summed E-state index contributed by atoms with van der Waals surface area (Å²) in [6.07, 6.45) is 4.59. The Hall–Kier alpha value is -1.63. The average Bonchev–Trinajstić information content (AvgIpc) is 2.47. The molecule has 0 atom stereocenters. The number of pyridine rings is 1. The van der Waals surface area contributed by atoms with Gasteiger partial charge in [0.2, 0.25) is 5.69 Å². The van der Waals surface area contributed by atoms with Crippen molar-refractivity contribution in [2.24, 2.45) is 7.05 Å². The molecular weight excluding hydrogens is 254 g/mol. The van der Waals surface area contributed by atoms with Crippen LogP contribution in [0.4, 0.5) is 0 Å². The van der Waals surface area contributed by atoms with Crippen LogP contribution in [-0.2, 0) is 7.05 Å². The zero-order valence-electron chi connectivity index (χ0n) is 14.3. The number of rotatable bonds is 4. The molecule has 2 aromatic rings. The lowest BCUT2D eigenvalue weighted by molar-refractivity contribution is -0.660. The van der Waals surface area contributed by atoms with Crippen molar-refractivity contribution in [3.05, 3.63) is 52.7 Å². The fourth-order valence-corrected chi connectivity index (χ4v) is 3.23. The summed E-state index contributed by atoms with van der Waals surface area (Å²) in [4.78, 5) is 0. The summed E-state index contributed by atoms with van der Waals surface area (Å²) in [5.74, 6) is 0.685. The number of hydrogen-bond acceptors (Lipinski definition) is 0. The molecule has 1 heterocycles. The molecule has 0 aliphatic heterocycles. The Morgan fingerprint density at radius 3 is 2.19 bits per heavy atom. The third-order valence-corrected chi connectivity index (χ3v) is 4.81. The second-order valence-electron chi connectivity index (χ2n) is 6.17. The van der Waals surface area contributed by atoms with Crippen LogP contribution in [0, 0.1) is 20.8 Å². The molecule has 1 heteroatoms. The molecule has 112 valence electrons. The lowest BCUT2D eigenvalue weighted by Gasteiger charge is -2.15. The minimum atomic E-state index is 0.685. The van der Waals surface area contributed by atoms with Crippen molar-refractivity contribution in [2.45, 2.75) is 53.4 Å². The van der Waals surface area contributed by atoms with Gasteiger partial charge in [-0.3, -0.25) is 0 Å². The first-order chi connectivity index (χ1) is 9.99. The molecule has 0 bridgehead atoms. The van der Waals surface area contributed by atoms with Crippen LogP contribution in [0.15, 0.2) is 30.5 Å². The highest BCUT2D eigenvalue weighted by Gasteiger charge is 2.18. The van der Waals surface area contributed by atoms with Crippen molar-refractivity contribution in [3.8, 4) is 11.3 Å². The van der Waals surface area contributed by atoms with Crippen LogP contribution < -0.4 is 4.57 Å². The van der Waals surface area contributed by atoms with E-state index in [1.54, 1.807) is 0 Å². The highest BCUT2D eigenvalue weighted by atomic mass is 14.9. The maximum atomic E-state index is 2.38. The molecule has 0 fully saturated rings. The fourth-order valence-electron chi connectivity index (χ4n) is 3.23. The van der Waals surface area contributed by atoms with Crippen molar-refractivity contribution in [3.63, 3.8) is 0 Å². The first-order valence-corrected chi connectivity index (χ1v) is 8.06. The predicted octanol–water partition coefficient (Wildman–Crippen LogP) is 5.01. The molecule has 0 saturated carbocycles. The van der Waals surface area contributed by atoms with Crippen molar-refractivity contribution in [1.82, 2.24) is 0 Å². The number of hydrogen-bond donors (Lipinski definition) is 0. The standard InChI is InChI=1S/C20H28N/c1-7-17(8-2)18-9-10-19(15(4)13-18)20-16(5)14(3)11-12-21(20)6/h9-13,17H,7-8H2,1-6H3/q+1. The third-order valence-electron chi connectivity index (χ3n) is 4.81. The normalized spacial score (nSPS) is 11.2. The van der Waals surface area contributed by atoms with Gasteiger partial charge in [-0.2, -0.15) is 0 Å². The van der Waals surface area contributed by atoms with Crippen LogP contribution in [0.3, 0.4) is 0 Å². The summed E-state index contributed by atoms with van der Waals surface area (Å²) in [5.41, 5.74) is 8.28. The van der Waals surface area contributed by atoms with Crippen LogP contribution in [0.2, 0.25) is 0 Å². The summed E-state index contributed by atoms with van der Waals surface area (Å²) in [6, 6.07) is 9.20. The van der Waals surface area contributed by atoms with Gasteiger partial charge in [-0.05, 0) is 62.3 Å². The molecule has 1 aromatic heterocycles. The summed E-state index contributed by atoms with van der Waals surface area (Å²) < 4.78 is 2.24. The van der Waals surface area contributed by atoms with E-state index in [0.717, 1.165) is 0 Å². The topological polar surface area (TPSA) is 3.88 Å². The molecule has 0 aliphatic rings. The van der Waals surface area contributed by atoms with Gasteiger partial charge in [0.05, 0.1) is 0 Å². The molecule has 0 unspecified atom stereocenters. The first-order valence-electron chi connectivity index (χ1n) is 8.06. The molecule has 0 amide bonds. The van der Waals surface area contributed by atoms with E-state index in [9.17, 15) is 0 Å². The zero-order valence-corrected chi connectivity index (χ0v) is 14.3. The van der Waals surface area contributed by atoms with E-state index in [1.165, 1.54) is 46.4 Å². The Bertz CT molecular complexity index is 637. The van der Waals surface area contributed by atoms with E-state index in [0.29, 0.717) is 5.92 Å². The highest BCUT2D eigenvalue weighted by molar-refractivity contribution is 5.65. The van der Waals surface area contributed by atoms with Crippen molar-refractivity contribution in [1.29, 1.82) is 0 Å². The fraction of sp³-hybridized carbons (Fsp3) is 0.450. The molecular formula is C20H28N+. The maximum Gasteiger partial charge on any atom is 0.215 e. The van der Waals surface area contributed by atoms with Gasteiger partial charge in [-0.1, -0.05) is 26.0 Å². The van der Waals surface area contributed by atoms with Crippen LogP contribution in [0.1, 0.15) is 54.9 Å². The van der Waals surface area contributed by atoms with Gasteiger partial charge in [0, 0.05) is 17.2 Å². The molecule has 0 N–H and O–H groups in total. The molecule has 1 aromatic carbocycles. The molecule has 21 heavy (non-hydrogen) atoms. The molecule has 0 spiro atoms. The second kappa shape index (κ2) is 6.43. The largest absolute Gasteiger partial charge is 0.215 e. The Balaban J connectivity index is 2.55. The average molecular weight is 282 g/mol. The van der Waals surface area contributed by atoms with Crippen molar-refractivity contribution >= 4 is 0 Å². The quantitative estimate of drug-likeness (QED) is 0.694. The molecule has 2 rings (SSSR count). The van der Waals surface area contributed by atoms with Gasteiger partial charge in [0.15, 0.2) is 6.20 Å². The van der Waals surface area contributed by atoms with Gasteiger partial charge in [-0.15, -0.1) is 0 Å². The van der Waals surface area contributed by atoms with Gasteiger partial charge in [0.25, 0.3) is 0 Å². The highest BCUT2D eigenvalue weighted by Crippen LogP contribution is 2.30. The van der Waals surface area contributed by atoms with E-state index < -0.39 is 0 Å². The summed E-state index contributed by atoms with van der Waals surface area (Å²) in [5, 5.41) is 0. The van der Waals surface area contributed by atoms with Crippen molar-refractivity contribution in [2.75, 3.05) is 0 Å². The minimum absolute atomic E-state index is 0.685. The van der Waals surface area contributed by atoms with Gasteiger partial charge >= 0.3 is 0 Å². The van der Waals surface area contributed by atoms with Crippen LogP contribution in [0.25, 0.3) is 11.3 Å². The first kappa shape index (κ1) is 15.8. The van der Waals surface area contributed by atoms with Gasteiger partial charge in [-0.25, -0.2) is 4.57 Å². The van der Waals surface area contributed by atoms with Crippen LogP contribution in [0.5, 0.6) is 0 Å². The summed E-state index contributed by atoms with van der Waals surface area (Å²) in [7, 11) is 2.13. The van der Waals surface area contributed by atoms with Crippen LogP contribution >= 0.6 is 0 Å². The monoisotopic (exact) mass is 282 g/mol. The Kier molecular flexibility index (Phi) is 4.82. The second-order valence-corrected chi connectivity index (χ2v) is 6.17.